The fourth-order valence-electron chi connectivity index (χ4n) is 9.88. The third-order valence-electron chi connectivity index (χ3n) is 13.2. The Hall–Kier alpha value is -8.98. The number of hydrogen-bond acceptors (Lipinski definition) is 1. The van der Waals surface area contributed by atoms with Gasteiger partial charge in [0.25, 0.3) is 0 Å². The van der Waals surface area contributed by atoms with Crippen LogP contribution in [0.3, 0.4) is 0 Å². The molecule has 2 nitrogen and oxygen atoms in total. The Morgan fingerprint density at radius 3 is 1.16 bits per heavy atom. The number of fused-ring (bicyclic) bond motifs is 3. The first-order chi connectivity index (χ1) is 33.7. The first-order valence-corrected chi connectivity index (χ1v) is 23.3. The van der Waals surface area contributed by atoms with Crippen LogP contribution >= 0.6 is 0 Å². The lowest BCUT2D eigenvalue weighted by Crippen LogP contribution is -2.10. The van der Waals surface area contributed by atoms with Crippen LogP contribution in [-0.2, 0) is 0 Å². The van der Waals surface area contributed by atoms with E-state index >= 15 is 0 Å². The average molecular weight is 867 g/mol. The molecule has 12 aromatic rings. The number of rotatable bonds is 10. The molecule has 0 fully saturated rings. The van der Waals surface area contributed by atoms with Gasteiger partial charge in [0.1, 0.15) is 0 Å². The minimum atomic E-state index is 1.09. The van der Waals surface area contributed by atoms with Gasteiger partial charge in [0.15, 0.2) is 0 Å². The van der Waals surface area contributed by atoms with Crippen molar-refractivity contribution < 1.29 is 0 Å². The molecule has 1 aromatic heterocycles. The zero-order valence-corrected chi connectivity index (χ0v) is 37.5. The number of anilines is 3. The molecule has 0 aliphatic carbocycles. The van der Waals surface area contributed by atoms with E-state index in [2.05, 4.69) is 289 Å². The van der Waals surface area contributed by atoms with Gasteiger partial charge in [-0.15, -0.1) is 0 Å². The Kier molecular flexibility index (Phi) is 10.6. The Balaban J connectivity index is 0.909. The van der Waals surface area contributed by atoms with Gasteiger partial charge in [-0.3, -0.25) is 0 Å². The molecule has 1 heterocycles. The molecule has 0 N–H and O–H groups in total. The summed E-state index contributed by atoms with van der Waals surface area (Å²) in [4.78, 5) is 2.38. The lowest BCUT2D eigenvalue weighted by Gasteiger charge is -2.27. The Morgan fingerprint density at radius 2 is 0.603 bits per heavy atom. The second-order valence-corrected chi connectivity index (χ2v) is 17.3. The number of para-hydroxylation sites is 1. The molecule has 0 amide bonds. The number of hydrogen-bond donors (Lipinski definition) is 0. The predicted molar refractivity (Wildman–Crippen MR) is 288 cm³/mol. The maximum Gasteiger partial charge on any atom is 0.0547 e. The highest BCUT2D eigenvalue weighted by molar-refractivity contribution is 6.10. The molecule has 11 aromatic carbocycles. The van der Waals surface area contributed by atoms with Gasteiger partial charge in [-0.25, -0.2) is 0 Å². The van der Waals surface area contributed by atoms with E-state index in [0.717, 1.165) is 33.9 Å². The van der Waals surface area contributed by atoms with Crippen LogP contribution in [0.5, 0.6) is 0 Å². The summed E-state index contributed by atoms with van der Waals surface area (Å²) in [5, 5.41) is 2.48. The Morgan fingerprint density at radius 1 is 0.221 bits per heavy atom. The molecule has 0 aliphatic rings. The van der Waals surface area contributed by atoms with Crippen molar-refractivity contribution in [2.45, 2.75) is 0 Å². The van der Waals surface area contributed by atoms with Gasteiger partial charge >= 0.3 is 0 Å². The summed E-state index contributed by atoms with van der Waals surface area (Å²) in [6.07, 6.45) is 0. The molecular weight excluding hydrogens is 821 g/mol. The third kappa shape index (κ3) is 7.74. The molecular formula is C66H46N2. The normalized spacial score (nSPS) is 11.2. The lowest BCUT2D eigenvalue weighted by molar-refractivity contribution is 1.18. The van der Waals surface area contributed by atoms with E-state index in [9.17, 15) is 0 Å². The SMILES string of the molecule is c1ccc(-c2cccc(N(c3cccc(-c4ccccc4)c3)c3cccc(-c4ccc(-c5ccc6c7ccccc7n(-c7cccc(-c8ccccc8-c8ccccc8)c7)c6c5)cc4)c3)c2)cc1. The zero-order valence-electron chi connectivity index (χ0n) is 37.5. The van der Waals surface area contributed by atoms with Gasteiger partial charge in [-0.1, -0.05) is 218 Å². The topological polar surface area (TPSA) is 8.17 Å². The van der Waals surface area contributed by atoms with Crippen molar-refractivity contribution in [3.63, 3.8) is 0 Å². The van der Waals surface area contributed by atoms with Crippen LogP contribution in [0.4, 0.5) is 17.1 Å². The summed E-state index contributed by atoms with van der Waals surface area (Å²) < 4.78 is 2.43. The fraction of sp³-hybridized carbons (Fsp3) is 0. The smallest absolute Gasteiger partial charge is 0.0547 e. The van der Waals surface area contributed by atoms with Crippen molar-refractivity contribution in [3.05, 3.63) is 279 Å². The summed E-state index contributed by atoms with van der Waals surface area (Å²) in [7, 11) is 0. The van der Waals surface area contributed by atoms with Crippen molar-refractivity contribution >= 4 is 38.9 Å². The van der Waals surface area contributed by atoms with Crippen molar-refractivity contribution in [2.75, 3.05) is 4.90 Å². The molecule has 0 saturated carbocycles. The van der Waals surface area contributed by atoms with Gasteiger partial charge in [0, 0.05) is 33.5 Å². The van der Waals surface area contributed by atoms with Crippen molar-refractivity contribution in [2.24, 2.45) is 0 Å². The van der Waals surface area contributed by atoms with Gasteiger partial charge < -0.3 is 9.47 Å². The first-order valence-electron chi connectivity index (χ1n) is 23.3. The molecule has 320 valence electrons. The molecule has 0 radical (unpaired) electrons. The maximum absolute atomic E-state index is 2.43. The van der Waals surface area contributed by atoms with E-state index in [1.54, 1.807) is 0 Å². The van der Waals surface area contributed by atoms with E-state index in [4.69, 9.17) is 0 Å². The molecule has 12 rings (SSSR count). The first kappa shape index (κ1) is 40.5. The van der Waals surface area contributed by atoms with E-state index in [-0.39, 0.29) is 0 Å². The van der Waals surface area contributed by atoms with Crippen molar-refractivity contribution in [3.8, 4) is 72.4 Å². The van der Waals surface area contributed by atoms with Crippen LogP contribution in [0, 0.1) is 0 Å². The highest BCUT2D eigenvalue weighted by Crippen LogP contribution is 2.41. The van der Waals surface area contributed by atoms with Gasteiger partial charge in [-0.05, 0) is 127 Å². The number of benzene rings is 11. The highest BCUT2D eigenvalue weighted by Gasteiger charge is 2.18. The lowest BCUT2D eigenvalue weighted by atomic mass is 9.94. The summed E-state index contributed by atoms with van der Waals surface area (Å²) in [6, 6.07) is 101. The van der Waals surface area contributed by atoms with Crippen LogP contribution in [0.2, 0.25) is 0 Å². The minimum Gasteiger partial charge on any atom is -0.310 e. The highest BCUT2D eigenvalue weighted by atomic mass is 15.1. The van der Waals surface area contributed by atoms with Crippen molar-refractivity contribution in [1.82, 2.24) is 4.57 Å². The monoisotopic (exact) mass is 866 g/mol. The van der Waals surface area contributed by atoms with Crippen LogP contribution in [0.15, 0.2) is 279 Å². The molecule has 68 heavy (non-hydrogen) atoms. The molecule has 0 atom stereocenters. The Bertz CT molecular complexity index is 3640. The van der Waals surface area contributed by atoms with Crippen LogP contribution in [-0.4, -0.2) is 4.57 Å². The molecule has 0 saturated heterocycles. The quantitative estimate of drug-likeness (QED) is 0.133. The summed E-state index contributed by atoms with van der Waals surface area (Å²) in [6.45, 7) is 0. The van der Waals surface area contributed by atoms with E-state index in [1.807, 2.05) is 0 Å². The molecule has 2 heteroatoms. The van der Waals surface area contributed by atoms with Gasteiger partial charge in [0.05, 0.1) is 11.0 Å². The fourth-order valence-corrected chi connectivity index (χ4v) is 9.88. The second kappa shape index (κ2) is 17.8. The van der Waals surface area contributed by atoms with Crippen LogP contribution in [0.1, 0.15) is 0 Å². The predicted octanol–water partition coefficient (Wildman–Crippen LogP) is 18.3. The van der Waals surface area contributed by atoms with Crippen LogP contribution in [0.25, 0.3) is 94.3 Å². The van der Waals surface area contributed by atoms with E-state index < -0.39 is 0 Å². The number of aromatic nitrogens is 1. The molecule has 0 unspecified atom stereocenters. The van der Waals surface area contributed by atoms with Crippen molar-refractivity contribution in [1.29, 1.82) is 0 Å². The Labute approximate surface area is 397 Å². The third-order valence-corrected chi connectivity index (χ3v) is 13.2. The standard InChI is InChI=1S/C66H46N2/c1-4-18-47(19-5-1)52-24-14-28-57(42-52)67(58-29-15-25-53(43-58)48-20-6-2-7-21-48)59-30-16-26-54(44-59)49-36-38-50(39-37-49)55-40-41-64-63-34-12-13-35-65(63)68(66(64)46-55)60-31-17-27-56(45-60)62-33-11-10-32-61(62)51-22-8-3-9-23-51/h1-46H. The largest absolute Gasteiger partial charge is 0.310 e. The van der Waals surface area contributed by atoms with Crippen LogP contribution < -0.4 is 4.90 Å². The maximum atomic E-state index is 2.43. The molecule has 0 spiro atoms. The summed E-state index contributed by atoms with van der Waals surface area (Å²) in [5.41, 5.74) is 21.0. The minimum absolute atomic E-state index is 1.09. The molecule has 0 aliphatic heterocycles. The van der Waals surface area contributed by atoms with E-state index in [0.29, 0.717) is 0 Å². The van der Waals surface area contributed by atoms with E-state index in [1.165, 1.54) is 77.4 Å². The second-order valence-electron chi connectivity index (χ2n) is 17.3. The van der Waals surface area contributed by atoms with Gasteiger partial charge in [0.2, 0.25) is 0 Å². The molecule has 0 bridgehead atoms. The average Bonchev–Trinajstić information content (AvgIpc) is 3.76. The summed E-state index contributed by atoms with van der Waals surface area (Å²) in [5.74, 6) is 0. The van der Waals surface area contributed by atoms with Gasteiger partial charge in [-0.2, -0.15) is 0 Å². The zero-order chi connectivity index (χ0) is 45.2. The summed E-state index contributed by atoms with van der Waals surface area (Å²) >= 11 is 0. The number of nitrogens with zero attached hydrogens (tertiary/aromatic N) is 2.